The summed E-state index contributed by atoms with van der Waals surface area (Å²) >= 11 is 0. The van der Waals surface area contributed by atoms with Gasteiger partial charge in [0.1, 0.15) is 28.7 Å². The molecular formula is C46H68FNO4. The minimum Gasteiger partial charge on any atom is -0.507 e. The first-order valence-corrected chi connectivity index (χ1v) is 19.9. The van der Waals surface area contributed by atoms with Gasteiger partial charge in [0.05, 0.1) is 19.3 Å². The Kier molecular flexibility index (Phi) is 16.7. The second-order valence-electron chi connectivity index (χ2n) is 16.6. The van der Waals surface area contributed by atoms with Crippen LogP contribution in [0.5, 0.6) is 17.2 Å². The molecule has 2 N–H and O–H groups in total. The first kappa shape index (κ1) is 43.0. The van der Waals surface area contributed by atoms with Gasteiger partial charge >= 0.3 is 0 Å². The van der Waals surface area contributed by atoms with Gasteiger partial charge in [-0.25, -0.2) is 4.39 Å². The van der Waals surface area contributed by atoms with E-state index in [9.17, 15) is 14.6 Å². The van der Waals surface area contributed by atoms with E-state index in [0.29, 0.717) is 35.8 Å². The Morgan fingerprint density at radius 1 is 0.654 bits per heavy atom. The lowest BCUT2D eigenvalue weighted by Gasteiger charge is -2.37. The molecule has 52 heavy (non-hydrogen) atoms. The van der Waals surface area contributed by atoms with E-state index in [1.807, 2.05) is 19.1 Å². The third-order valence-electron chi connectivity index (χ3n) is 10.1. The maximum Gasteiger partial charge on any atom is 0.144 e. The molecule has 3 aromatic rings. The first-order chi connectivity index (χ1) is 24.6. The number of rotatable bonds is 21. The minimum absolute atomic E-state index is 0.0868. The quantitative estimate of drug-likeness (QED) is 0.0850. The molecule has 0 saturated heterocycles. The van der Waals surface area contributed by atoms with Crippen molar-refractivity contribution in [2.75, 3.05) is 13.2 Å². The van der Waals surface area contributed by atoms with Crippen LogP contribution in [0, 0.1) is 5.82 Å². The Labute approximate surface area is 315 Å². The molecule has 3 aromatic carbocycles. The average molecular weight is 718 g/mol. The van der Waals surface area contributed by atoms with Crippen molar-refractivity contribution < 1.29 is 24.1 Å². The number of hydrogen-bond acceptors (Lipinski definition) is 5. The predicted octanol–water partition coefficient (Wildman–Crippen LogP) is 12.3. The Morgan fingerprint density at radius 2 is 1.10 bits per heavy atom. The third-order valence-corrected chi connectivity index (χ3v) is 10.1. The summed E-state index contributed by atoms with van der Waals surface area (Å²) in [5, 5.41) is 24.1. The highest BCUT2D eigenvalue weighted by molar-refractivity contribution is 5.83. The molecule has 1 atom stereocenters. The van der Waals surface area contributed by atoms with Crippen LogP contribution in [0.25, 0.3) is 0 Å². The molecule has 0 aliphatic rings. The number of phenolic OH excluding ortho intramolecular Hbond substituents is 1. The van der Waals surface area contributed by atoms with Crippen molar-refractivity contribution in [2.24, 2.45) is 4.99 Å². The van der Waals surface area contributed by atoms with Crippen LogP contribution in [-0.4, -0.2) is 35.7 Å². The Hall–Kier alpha value is -3.38. The number of aliphatic hydroxyl groups is 1. The number of nitrogens with zero attached hydrogens (tertiary/aromatic N) is 1. The normalized spacial score (nSPS) is 13.1. The van der Waals surface area contributed by atoms with Crippen molar-refractivity contribution in [2.45, 2.75) is 162 Å². The minimum atomic E-state index is -1.73. The highest BCUT2D eigenvalue weighted by Crippen LogP contribution is 2.46. The molecule has 5 nitrogen and oxygen atoms in total. The van der Waals surface area contributed by atoms with Crippen LogP contribution in [0.2, 0.25) is 0 Å². The van der Waals surface area contributed by atoms with Gasteiger partial charge in [0.25, 0.3) is 0 Å². The standard InChI is InChI=1S/C46H68FNO4/c1-10-12-14-16-18-20-28-51-42-26-22-36(44(4,5)6)31-39(42)46(50,34(3)48-33-35-30-38(47)24-25-41(35)49)40-32-37(45(7,8)9)23-27-43(40)52-29-21-19-17-15-13-11-2/h22-27,30-34,49-50H,10-21,28-29H2,1-9H3. The number of aromatic hydroxyl groups is 1. The van der Waals surface area contributed by atoms with Gasteiger partial charge in [-0.05, 0) is 84.2 Å². The Balaban J connectivity index is 2.22. The number of phenols is 1. The van der Waals surface area contributed by atoms with Gasteiger partial charge in [-0.2, -0.15) is 0 Å². The summed E-state index contributed by atoms with van der Waals surface area (Å²) in [4.78, 5) is 4.85. The molecular weight excluding hydrogens is 650 g/mol. The fourth-order valence-corrected chi connectivity index (χ4v) is 6.49. The second kappa shape index (κ2) is 20.2. The molecule has 0 aliphatic carbocycles. The van der Waals surface area contributed by atoms with E-state index in [1.165, 1.54) is 75.8 Å². The van der Waals surface area contributed by atoms with E-state index >= 15 is 0 Å². The maximum absolute atomic E-state index is 14.3. The predicted molar refractivity (Wildman–Crippen MR) is 216 cm³/mol. The van der Waals surface area contributed by atoms with E-state index in [2.05, 4.69) is 79.7 Å². The van der Waals surface area contributed by atoms with Gasteiger partial charge in [-0.15, -0.1) is 0 Å². The molecule has 0 bridgehead atoms. The molecule has 1 unspecified atom stereocenters. The molecule has 3 rings (SSSR count). The molecule has 0 amide bonds. The summed E-state index contributed by atoms with van der Waals surface area (Å²) in [6.07, 6.45) is 15.2. The zero-order chi connectivity index (χ0) is 38.4. The number of aliphatic imine (C=N–C) groups is 1. The van der Waals surface area contributed by atoms with Crippen molar-refractivity contribution in [3.63, 3.8) is 0 Å². The molecule has 0 aromatic heterocycles. The molecule has 0 aliphatic heterocycles. The fraction of sp³-hybridized carbons (Fsp3) is 0.587. The van der Waals surface area contributed by atoms with Crippen LogP contribution < -0.4 is 9.47 Å². The van der Waals surface area contributed by atoms with Crippen molar-refractivity contribution in [1.82, 2.24) is 0 Å². The summed E-state index contributed by atoms with van der Waals surface area (Å²) in [5.41, 5.74) is 1.40. The monoisotopic (exact) mass is 718 g/mol. The van der Waals surface area contributed by atoms with Gasteiger partial charge in [-0.1, -0.05) is 132 Å². The molecule has 0 fully saturated rings. The number of benzene rings is 3. The third kappa shape index (κ3) is 12.4. The van der Waals surface area contributed by atoms with Gasteiger partial charge < -0.3 is 19.7 Å². The number of unbranched alkanes of at least 4 members (excludes halogenated alkanes) is 10. The van der Waals surface area contributed by atoms with E-state index in [-0.39, 0.29) is 22.1 Å². The molecule has 288 valence electrons. The lowest BCUT2D eigenvalue weighted by molar-refractivity contribution is 0.0519. The zero-order valence-corrected chi connectivity index (χ0v) is 33.8. The largest absolute Gasteiger partial charge is 0.507 e. The first-order valence-electron chi connectivity index (χ1n) is 19.9. The van der Waals surface area contributed by atoms with Crippen LogP contribution in [0.4, 0.5) is 4.39 Å². The highest BCUT2D eigenvalue weighted by Gasteiger charge is 2.43. The van der Waals surface area contributed by atoms with Crippen LogP contribution in [0.3, 0.4) is 0 Å². The summed E-state index contributed by atoms with van der Waals surface area (Å²) in [6, 6.07) is 15.2. The van der Waals surface area contributed by atoms with Gasteiger partial charge in [0.15, 0.2) is 0 Å². The SMILES string of the molecule is CCCCCCCCOc1ccc(C(C)(C)C)cc1C(O)(c1cc(C(C)(C)C)ccc1OCCCCCCCC)C(C)N=Cc1cc(F)ccc1O. The van der Waals surface area contributed by atoms with Crippen molar-refractivity contribution >= 4 is 6.21 Å². The van der Waals surface area contributed by atoms with Crippen molar-refractivity contribution in [1.29, 1.82) is 0 Å². The molecule has 0 saturated carbocycles. The van der Waals surface area contributed by atoms with E-state index < -0.39 is 17.5 Å². The molecule has 6 heteroatoms. The molecule has 0 spiro atoms. The Bertz CT molecular complexity index is 1470. The van der Waals surface area contributed by atoms with Gasteiger partial charge in [-0.3, -0.25) is 4.99 Å². The van der Waals surface area contributed by atoms with Crippen LogP contribution in [0.1, 0.15) is 167 Å². The lowest BCUT2D eigenvalue weighted by atomic mass is 9.75. The molecule has 0 radical (unpaired) electrons. The fourth-order valence-electron chi connectivity index (χ4n) is 6.49. The summed E-state index contributed by atoms with van der Waals surface area (Å²) in [5.74, 6) is 0.635. The van der Waals surface area contributed by atoms with E-state index in [1.54, 1.807) is 0 Å². The van der Waals surface area contributed by atoms with E-state index in [4.69, 9.17) is 14.5 Å². The number of halogens is 1. The average Bonchev–Trinajstić information content (AvgIpc) is 3.10. The Morgan fingerprint density at radius 3 is 1.54 bits per heavy atom. The number of ether oxygens (including phenoxy) is 2. The van der Waals surface area contributed by atoms with Gasteiger partial charge in [0.2, 0.25) is 0 Å². The maximum atomic E-state index is 14.3. The smallest absolute Gasteiger partial charge is 0.144 e. The lowest BCUT2D eigenvalue weighted by Crippen LogP contribution is -2.39. The van der Waals surface area contributed by atoms with E-state index in [0.717, 1.165) is 36.8 Å². The molecule has 0 heterocycles. The van der Waals surface area contributed by atoms with Crippen LogP contribution in [-0.2, 0) is 16.4 Å². The van der Waals surface area contributed by atoms with Crippen molar-refractivity contribution in [3.8, 4) is 17.2 Å². The zero-order valence-electron chi connectivity index (χ0n) is 33.8. The second-order valence-corrected chi connectivity index (χ2v) is 16.6. The number of hydrogen-bond donors (Lipinski definition) is 2. The summed E-state index contributed by atoms with van der Waals surface area (Å²) < 4.78 is 27.4. The topological polar surface area (TPSA) is 71.3 Å². The van der Waals surface area contributed by atoms with Crippen LogP contribution >= 0.6 is 0 Å². The van der Waals surface area contributed by atoms with Crippen LogP contribution in [0.15, 0.2) is 59.6 Å². The van der Waals surface area contributed by atoms with Crippen molar-refractivity contribution in [3.05, 3.63) is 88.2 Å². The summed E-state index contributed by atoms with van der Waals surface area (Å²) in [7, 11) is 0. The van der Waals surface area contributed by atoms with Gasteiger partial charge in [0, 0.05) is 22.9 Å². The summed E-state index contributed by atoms with van der Waals surface area (Å²) in [6.45, 7) is 20.3. The highest BCUT2D eigenvalue weighted by atomic mass is 19.1.